The van der Waals surface area contributed by atoms with E-state index in [0.717, 1.165) is 27.8 Å². The molecule has 0 unspecified atom stereocenters. The zero-order valence-corrected chi connectivity index (χ0v) is 14.3. The van der Waals surface area contributed by atoms with Crippen LogP contribution < -0.4 is 0 Å². The Morgan fingerprint density at radius 3 is 2.84 bits per heavy atom. The summed E-state index contributed by atoms with van der Waals surface area (Å²) in [7, 11) is 0. The number of halogens is 1. The minimum absolute atomic E-state index is 0.183. The van der Waals surface area contributed by atoms with Crippen LogP contribution in [0.4, 0.5) is 0 Å². The summed E-state index contributed by atoms with van der Waals surface area (Å²) in [5.41, 5.74) is 5.45. The summed E-state index contributed by atoms with van der Waals surface area (Å²) in [6.45, 7) is 5.67. The number of hydrogen-bond acceptors (Lipinski definition) is 4. The minimum Gasteiger partial charge on any atom is -0.452 e. The van der Waals surface area contributed by atoms with Gasteiger partial charge in [0.15, 0.2) is 5.58 Å². The molecule has 0 bridgehead atoms. The molecule has 5 heteroatoms. The van der Waals surface area contributed by atoms with E-state index >= 15 is 0 Å². The second kappa shape index (κ2) is 6.15. The second-order valence-electron chi connectivity index (χ2n) is 5.64. The highest BCUT2D eigenvalue weighted by molar-refractivity contribution is 6.29. The molecule has 0 aliphatic rings. The van der Waals surface area contributed by atoms with Crippen LogP contribution >= 0.6 is 11.6 Å². The number of furan rings is 1. The second-order valence-corrected chi connectivity index (χ2v) is 5.98. The minimum atomic E-state index is 0.183. The van der Waals surface area contributed by atoms with Crippen LogP contribution in [0.1, 0.15) is 11.3 Å². The third kappa shape index (κ3) is 2.71. The predicted octanol–water partition coefficient (Wildman–Crippen LogP) is 5.60. The molecule has 3 aromatic heterocycles. The molecule has 0 aliphatic carbocycles. The van der Waals surface area contributed by atoms with Crippen LogP contribution in [0.15, 0.2) is 59.7 Å². The van der Waals surface area contributed by atoms with Crippen molar-refractivity contribution in [3.05, 3.63) is 71.8 Å². The summed E-state index contributed by atoms with van der Waals surface area (Å²) in [6.07, 6.45) is 7.25. The number of aromatic nitrogens is 3. The number of aryl methyl sites for hydroxylation is 1. The summed E-state index contributed by atoms with van der Waals surface area (Å²) in [5, 5.41) is 1.10. The Kier molecular flexibility index (Phi) is 3.82. The molecular formula is C20H14ClN3O. The first-order chi connectivity index (χ1) is 12.2. The van der Waals surface area contributed by atoms with Gasteiger partial charge in [-0.25, -0.2) is 9.97 Å². The highest BCUT2D eigenvalue weighted by atomic mass is 35.5. The van der Waals surface area contributed by atoms with E-state index in [4.69, 9.17) is 16.0 Å². The number of allylic oxidation sites excluding steroid dienone is 2. The van der Waals surface area contributed by atoms with Crippen molar-refractivity contribution in [1.29, 1.82) is 0 Å². The van der Waals surface area contributed by atoms with Gasteiger partial charge < -0.3 is 4.42 Å². The topological polar surface area (TPSA) is 51.8 Å². The van der Waals surface area contributed by atoms with Crippen molar-refractivity contribution < 1.29 is 4.42 Å². The van der Waals surface area contributed by atoms with Crippen molar-refractivity contribution in [2.75, 3.05) is 0 Å². The van der Waals surface area contributed by atoms with Gasteiger partial charge in [-0.05, 0) is 48.4 Å². The zero-order chi connectivity index (χ0) is 17.4. The molecule has 0 saturated heterocycles. The average molecular weight is 348 g/mol. The Bertz CT molecular complexity index is 1140. The van der Waals surface area contributed by atoms with Crippen molar-refractivity contribution >= 4 is 39.7 Å². The molecule has 4 aromatic rings. The molecule has 0 aliphatic heterocycles. The first-order valence-electron chi connectivity index (χ1n) is 7.78. The molecule has 0 N–H and O–H groups in total. The van der Waals surface area contributed by atoms with Crippen molar-refractivity contribution in [1.82, 2.24) is 15.0 Å². The highest BCUT2D eigenvalue weighted by Gasteiger charge is 2.17. The molecular weight excluding hydrogens is 334 g/mol. The van der Waals surface area contributed by atoms with Gasteiger partial charge in [0.05, 0.1) is 5.69 Å². The third-order valence-corrected chi connectivity index (χ3v) is 4.14. The Labute approximate surface area is 149 Å². The monoisotopic (exact) mass is 347 g/mol. The van der Waals surface area contributed by atoms with Crippen LogP contribution in [0.25, 0.3) is 39.4 Å². The van der Waals surface area contributed by atoms with Crippen LogP contribution in [0, 0.1) is 6.92 Å². The van der Waals surface area contributed by atoms with Gasteiger partial charge in [-0.1, -0.05) is 30.9 Å². The van der Waals surface area contributed by atoms with E-state index in [1.54, 1.807) is 12.3 Å². The molecule has 3 heterocycles. The zero-order valence-electron chi connectivity index (χ0n) is 13.5. The fourth-order valence-corrected chi connectivity index (χ4v) is 2.98. The maximum Gasteiger partial charge on any atom is 0.223 e. The lowest BCUT2D eigenvalue weighted by molar-refractivity contribution is 0.667. The van der Waals surface area contributed by atoms with Crippen LogP contribution in [0.5, 0.6) is 0 Å². The SMILES string of the molecule is C=C/C=C\c1ncc(-c2nc(Cl)nc3c2oc2ccccc23)cc1C. The van der Waals surface area contributed by atoms with E-state index < -0.39 is 0 Å². The summed E-state index contributed by atoms with van der Waals surface area (Å²) >= 11 is 6.16. The lowest BCUT2D eigenvalue weighted by Gasteiger charge is -2.05. The molecule has 0 fully saturated rings. The van der Waals surface area contributed by atoms with Crippen molar-refractivity contribution in [3.8, 4) is 11.3 Å². The fraction of sp³-hybridized carbons (Fsp3) is 0.0500. The maximum atomic E-state index is 6.16. The molecule has 4 rings (SSSR count). The quantitative estimate of drug-likeness (QED) is 0.357. The average Bonchev–Trinajstić information content (AvgIpc) is 2.98. The molecule has 0 saturated carbocycles. The van der Waals surface area contributed by atoms with Gasteiger partial charge in [-0.2, -0.15) is 0 Å². The van der Waals surface area contributed by atoms with Gasteiger partial charge in [0.25, 0.3) is 0 Å². The molecule has 0 amide bonds. The summed E-state index contributed by atoms with van der Waals surface area (Å²) in [5.74, 6) is 0. The third-order valence-electron chi connectivity index (χ3n) is 3.97. The molecule has 25 heavy (non-hydrogen) atoms. The van der Waals surface area contributed by atoms with E-state index in [-0.39, 0.29) is 5.28 Å². The molecule has 4 nitrogen and oxygen atoms in total. The standard InChI is InChI=1S/C20H14ClN3O/c1-3-4-8-15-12(2)10-13(11-22-15)17-19-18(24-20(21)23-17)14-7-5-6-9-16(14)25-19/h3-11H,1H2,2H3/b8-4-. The van der Waals surface area contributed by atoms with E-state index in [1.807, 2.05) is 49.4 Å². The van der Waals surface area contributed by atoms with E-state index in [1.165, 1.54) is 0 Å². The Hall–Kier alpha value is -2.98. The van der Waals surface area contributed by atoms with Crippen molar-refractivity contribution in [3.63, 3.8) is 0 Å². The van der Waals surface area contributed by atoms with Gasteiger partial charge in [0.1, 0.15) is 16.8 Å². The summed E-state index contributed by atoms with van der Waals surface area (Å²) in [4.78, 5) is 13.2. The van der Waals surface area contributed by atoms with Gasteiger partial charge in [-0.3, -0.25) is 4.98 Å². The number of para-hydroxylation sites is 1. The fourth-order valence-electron chi connectivity index (χ4n) is 2.81. The number of hydrogen-bond donors (Lipinski definition) is 0. The molecule has 122 valence electrons. The first kappa shape index (κ1) is 15.5. The van der Waals surface area contributed by atoms with E-state index in [0.29, 0.717) is 16.8 Å². The number of nitrogens with zero attached hydrogens (tertiary/aromatic N) is 3. The normalized spacial score (nSPS) is 11.6. The lowest BCUT2D eigenvalue weighted by atomic mass is 10.1. The van der Waals surface area contributed by atoms with Crippen molar-refractivity contribution in [2.24, 2.45) is 0 Å². The molecule has 1 aromatic carbocycles. The Morgan fingerprint density at radius 2 is 2.04 bits per heavy atom. The molecule has 0 spiro atoms. The maximum absolute atomic E-state index is 6.16. The van der Waals surface area contributed by atoms with Gasteiger partial charge in [-0.15, -0.1) is 0 Å². The highest BCUT2D eigenvalue weighted by Crippen LogP contribution is 2.34. The number of pyridine rings is 1. The lowest BCUT2D eigenvalue weighted by Crippen LogP contribution is -1.93. The summed E-state index contributed by atoms with van der Waals surface area (Å²) < 4.78 is 5.99. The first-order valence-corrected chi connectivity index (χ1v) is 8.16. The largest absolute Gasteiger partial charge is 0.452 e. The number of benzene rings is 1. The smallest absolute Gasteiger partial charge is 0.223 e. The number of rotatable bonds is 3. The van der Waals surface area contributed by atoms with Crippen molar-refractivity contribution in [2.45, 2.75) is 6.92 Å². The summed E-state index contributed by atoms with van der Waals surface area (Å²) in [6, 6.07) is 9.74. The van der Waals surface area contributed by atoms with Gasteiger partial charge >= 0.3 is 0 Å². The van der Waals surface area contributed by atoms with Gasteiger partial charge in [0.2, 0.25) is 5.28 Å². The number of fused-ring (bicyclic) bond motifs is 3. The van der Waals surface area contributed by atoms with Crippen LogP contribution in [-0.4, -0.2) is 15.0 Å². The van der Waals surface area contributed by atoms with Crippen LogP contribution in [0.2, 0.25) is 5.28 Å². The molecule has 0 radical (unpaired) electrons. The Morgan fingerprint density at radius 1 is 1.20 bits per heavy atom. The van der Waals surface area contributed by atoms with Gasteiger partial charge in [0, 0.05) is 17.1 Å². The Balaban J connectivity index is 1.96. The predicted molar refractivity (Wildman–Crippen MR) is 102 cm³/mol. The van der Waals surface area contributed by atoms with E-state index in [2.05, 4.69) is 21.5 Å². The molecule has 0 atom stereocenters. The van der Waals surface area contributed by atoms with Crippen LogP contribution in [0.3, 0.4) is 0 Å². The van der Waals surface area contributed by atoms with Crippen LogP contribution in [-0.2, 0) is 0 Å². The van der Waals surface area contributed by atoms with E-state index in [9.17, 15) is 0 Å².